The maximum atomic E-state index is 10.00. The molecule has 0 aromatic carbocycles. The lowest BCUT2D eigenvalue weighted by atomic mass is 10.2. The Hall–Kier alpha value is -1.89. The van der Waals surface area contributed by atoms with Gasteiger partial charge in [-0.2, -0.15) is 0 Å². The third-order valence-electron chi connectivity index (χ3n) is 3.01. The van der Waals surface area contributed by atoms with Crippen LogP contribution in [0.15, 0.2) is 72.9 Å². The van der Waals surface area contributed by atoms with Crippen LogP contribution in [0, 0.1) is 0 Å². The summed E-state index contributed by atoms with van der Waals surface area (Å²) < 4.78 is 0. The van der Waals surface area contributed by atoms with Crippen molar-refractivity contribution in [3.8, 4) is 0 Å². The molecule has 0 N–H and O–H groups in total. The van der Waals surface area contributed by atoms with Gasteiger partial charge >= 0.3 is 0 Å². The third-order valence-corrected chi connectivity index (χ3v) is 3.01. The van der Waals surface area contributed by atoms with Gasteiger partial charge < -0.3 is 0 Å². The Labute approximate surface area is 142 Å². The van der Waals surface area contributed by atoms with Crippen molar-refractivity contribution in [2.75, 3.05) is 0 Å². The fraction of sp³-hybridized carbons (Fsp3) is 0.409. The molecular weight excluding hydrogens is 280 g/mol. The van der Waals surface area contributed by atoms with Crippen LogP contribution >= 0.6 is 0 Å². The van der Waals surface area contributed by atoms with E-state index in [4.69, 9.17) is 0 Å². The molecule has 0 bridgehead atoms. The summed E-state index contributed by atoms with van der Waals surface area (Å²) in [6.07, 6.45) is 35.4. The minimum atomic E-state index is 0.502. The van der Waals surface area contributed by atoms with Gasteiger partial charge in [-0.15, -0.1) is 0 Å². The zero-order valence-electron chi connectivity index (χ0n) is 14.5. The zero-order chi connectivity index (χ0) is 16.8. The van der Waals surface area contributed by atoms with Crippen molar-refractivity contribution in [3.05, 3.63) is 72.9 Å². The van der Waals surface area contributed by atoms with Gasteiger partial charge in [0, 0.05) is 6.42 Å². The highest BCUT2D eigenvalue weighted by molar-refractivity contribution is 5.50. The molecule has 23 heavy (non-hydrogen) atoms. The van der Waals surface area contributed by atoms with Crippen LogP contribution in [0.25, 0.3) is 0 Å². The van der Waals surface area contributed by atoms with Crippen LogP contribution in [0.4, 0.5) is 0 Å². The maximum absolute atomic E-state index is 10.00. The van der Waals surface area contributed by atoms with Crippen LogP contribution in [0.5, 0.6) is 0 Å². The molecule has 0 atom stereocenters. The van der Waals surface area contributed by atoms with E-state index in [1.54, 1.807) is 0 Å². The van der Waals surface area contributed by atoms with Crippen LogP contribution in [0.3, 0.4) is 0 Å². The van der Waals surface area contributed by atoms with E-state index in [0.717, 1.165) is 44.9 Å². The Morgan fingerprint density at radius 2 is 0.913 bits per heavy atom. The summed E-state index contributed by atoms with van der Waals surface area (Å²) in [5, 5.41) is 0. The van der Waals surface area contributed by atoms with Gasteiger partial charge in [-0.25, -0.2) is 0 Å². The first-order valence-corrected chi connectivity index (χ1v) is 8.66. The molecule has 0 aromatic rings. The number of hydrogen-bond donors (Lipinski definition) is 0. The minimum Gasteiger partial charge on any atom is -0.291 e. The zero-order valence-corrected chi connectivity index (χ0v) is 14.5. The Morgan fingerprint density at radius 3 is 1.26 bits per heavy atom. The molecule has 0 heterocycles. The highest BCUT2D eigenvalue weighted by Crippen LogP contribution is 1.97. The molecule has 0 rings (SSSR count). The van der Waals surface area contributed by atoms with Crippen LogP contribution in [0.2, 0.25) is 0 Å². The standard InChI is InChI=1S/C22H31O/c1-2-3-4-5-6-7-8-9-10-11-12-13-14-15-16-17-18-19-20-21-22-23/h3-4,6-7,9-10,12-13,15-16,18-19H,2,5,8,11,14,17,20-21H2,1H3/b4-3-,7-6-,10-9-,13-12-,16-15-,19-18-. The molecule has 0 saturated heterocycles. The summed E-state index contributed by atoms with van der Waals surface area (Å²) in [4.78, 5) is 10.00. The lowest BCUT2D eigenvalue weighted by Gasteiger charge is -1.86. The third kappa shape index (κ3) is 20.1. The second kappa shape index (κ2) is 20.1. The second-order valence-electron chi connectivity index (χ2n) is 5.10. The van der Waals surface area contributed by atoms with E-state index in [2.05, 4.69) is 73.8 Å². The molecule has 0 saturated carbocycles. The van der Waals surface area contributed by atoms with E-state index < -0.39 is 0 Å². The lowest BCUT2D eigenvalue weighted by molar-refractivity contribution is 0.552. The molecule has 0 aliphatic carbocycles. The van der Waals surface area contributed by atoms with Crippen LogP contribution < -0.4 is 0 Å². The molecule has 0 fully saturated rings. The number of carbonyl (C=O) groups excluding carboxylic acids is 1. The Balaban J connectivity index is 3.49. The lowest BCUT2D eigenvalue weighted by Crippen LogP contribution is -1.69. The summed E-state index contributed by atoms with van der Waals surface area (Å²) in [7, 11) is 0. The molecule has 1 radical (unpaired) electrons. The van der Waals surface area contributed by atoms with E-state index in [1.807, 2.05) is 12.4 Å². The first-order chi connectivity index (χ1) is 11.4. The summed E-state index contributed by atoms with van der Waals surface area (Å²) >= 11 is 0. The molecule has 0 aromatic heterocycles. The van der Waals surface area contributed by atoms with Gasteiger partial charge in [0.1, 0.15) is 0 Å². The SMILES string of the molecule is CC/C=C\C/C=C\C/C=C\C/C=C\C/C=C\C/C=C\CC[C]=O. The fourth-order valence-electron chi connectivity index (χ4n) is 1.78. The minimum absolute atomic E-state index is 0.502. The monoisotopic (exact) mass is 311 g/mol. The van der Waals surface area contributed by atoms with Crippen molar-refractivity contribution in [3.63, 3.8) is 0 Å². The van der Waals surface area contributed by atoms with Crippen molar-refractivity contribution in [1.29, 1.82) is 0 Å². The Bertz CT molecular complexity index is 419. The van der Waals surface area contributed by atoms with Gasteiger partial charge in [0.2, 0.25) is 0 Å². The van der Waals surface area contributed by atoms with Crippen LogP contribution in [0.1, 0.15) is 58.3 Å². The summed E-state index contributed by atoms with van der Waals surface area (Å²) in [5.74, 6) is 0. The first-order valence-electron chi connectivity index (χ1n) is 8.66. The van der Waals surface area contributed by atoms with Crippen molar-refractivity contribution < 1.29 is 4.79 Å². The normalized spacial score (nSPS) is 13.1. The van der Waals surface area contributed by atoms with E-state index >= 15 is 0 Å². The molecule has 0 spiro atoms. The molecule has 1 nitrogen and oxygen atoms in total. The Kier molecular flexibility index (Phi) is 18.5. The quantitative estimate of drug-likeness (QED) is 0.262. The van der Waals surface area contributed by atoms with Gasteiger partial charge in [0.05, 0.1) is 0 Å². The number of allylic oxidation sites excluding steroid dienone is 12. The van der Waals surface area contributed by atoms with Crippen molar-refractivity contribution >= 4 is 6.29 Å². The smallest absolute Gasteiger partial charge is 0.198 e. The topological polar surface area (TPSA) is 17.1 Å². The average Bonchev–Trinajstić information content (AvgIpc) is 2.57. The number of unbranched alkanes of at least 4 members (excludes halogenated alkanes) is 1. The van der Waals surface area contributed by atoms with Crippen molar-refractivity contribution in [1.82, 2.24) is 0 Å². The van der Waals surface area contributed by atoms with Gasteiger partial charge in [-0.1, -0.05) is 79.8 Å². The van der Waals surface area contributed by atoms with Gasteiger partial charge in [0.25, 0.3) is 0 Å². The van der Waals surface area contributed by atoms with E-state index in [-0.39, 0.29) is 0 Å². The summed E-state index contributed by atoms with van der Waals surface area (Å²) in [6, 6.07) is 0. The maximum Gasteiger partial charge on any atom is 0.198 e. The van der Waals surface area contributed by atoms with Crippen molar-refractivity contribution in [2.24, 2.45) is 0 Å². The van der Waals surface area contributed by atoms with Crippen molar-refractivity contribution in [2.45, 2.75) is 58.3 Å². The first kappa shape index (κ1) is 21.1. The van der Waals surface area contributed by atoms with Gasteiger partial charge in [0.15, 0.2) is 6.29 Å². The van der Waals surface area contributed by atoms with E-state index in [1.165, 1.54) is 0 Å². The molecule has 0 unspecified atom stereocenters. The molecule has 0 aliphatic heterocycles. The second-order valence-corrected chi connectivity index (χ2v) is 5.10. The van der Waals surface area contributed by atoms with Crippen LogP contribution in [-0.2, 0) is 4.79 Å². The number of hydrogen-bond acceptors (Lipinski definition) is 1. The average molecular weight is 311 g/mol. The molecule has 0 aliphatic rings. The highest BCUT2D eigenvalue weighted by Gasteiger charge is 1.78. The summed E-state index contributed by atoms with van der Waals surface area (Å²) in [6.45, 7) is 2.15. The van der Waals surface area contributed by atoms with Gasteiger partial charge in [-0.3, -0.25) is 4.79 Å². The molecule has 0 amide bonds. The predicted molar refractivity (Wildman–Crippen MR) is 103 cm³/mol. The largest absolute Gasteiger partial charge is 0.291 e. The highest BCUT2D eigenvalue weighted by atomic mass is 16.1. The van der Waals surface area contributed by atoms with Gasteiger partial charge in [-0.05, 0) is 44.9 Å². The van der Waals surface area contributed by atoms with Crippen LogP contribution in [-0.4, -0.2) is 6.29 Å². The number of rotatable bonds is 14. The fourth-order valence-corrected chi connectivity index (χ4v) is 1.78. The molecule has 1 heteroatoms. The molecule has 125 valence electrons. The summed E-state index contributed by atoms with van der Waals surface area (Å²) in [5.41, 5.74) is 0. The Morgan fingerprint density at radius 1 is 0.565 bits per heavy atom. The van der Waals surface area contributed by atoms with E-state index in [0.29, 0.717) is 6.42 Å². The van der Waals surface area contributed by atoms with E-state index in [9.17, 15) is 4.79 Å². The predicted octanol–water partition coefficient (Wildman–Crippen LogP) is 6.57. The molecular formula is C22H31O.